The Labute approximate surface area is 175 Å². The molecule has 0 bridgehead atoms. The van der Waals surface area contributed by atoms with Gasteiger partial charge in [-0.1, -0.05) is 12.1 Å². The highest BCUT2D eigenvalue weighted by Gasteiger charge is 2.50. The Balaban J connectivity index is 1.47. The molecule has 0 aromatic heterocycles. The predicted molar refractivity (Wildman–Crippen MR) is 107 cm³/mol. The molecule has 2 heterocycles. The van der Waals surface area contributed by atoms with E-state index in [9.17, 15) is 0 Å². The summed E-state index contributed by atoms with van der Waals surface area (Å²) in [5, 5.41) is 0. The van der Waals surface area contributed by atoms with Gasteiger partial charge in [-0.2, -0.15) is 0 Å². The van der Waals surface area contributed by atoms with Gasteiger partial charge in [-0.15, -0.1) is 0 Å². The number of rotatable bonds is 8. The molecule has 162 valence electrons. The number of methoxy groups -OCH3 is 4. The minimum Gasteiger partial charge on any atom is -0.493 e. The van der Waals surface area contributed by atoms with Crippen LogP contribution in [0.25, 0.3) is 0 Å². The van der Waals surface area contributed by atoms with Gasteiger partial charge in [0, 0.05) is 0 Å². The molecule has 2 saturated heterocycles. The first-order valence-electron chi connectivity index (χ1n) is 9.68. The highest BCUT2D eigenvalue weighted by molar-refractivity contribution is 5.52. The van der Waals surface area contributed by atoms with E-state index in [2.05, 4.69) is 0 Å². The summed E-state index contributed by atoms with van der Waals surface area (Å²) in [5.74, 6) is 3.39. The van der Waals surface area contributed by atoms with Gasteiger partial charge in [0.25, 0.3) is 0 Å². The van der Waals surface area contributed by atoms with Gasteiger partial charge in [-0.05, 0) is 24.3 Å². The molecule has 4 unspecified atom stereocenters. The van der Waals surface area contributed by atoms with Gasteiger partial charge in [-0.3, -0.25) is 0 Å². The maximum atomic E-state index is 6.13. The van der Waals surface area contributed by atoms with Gasteiger partial charge >= 0.3 is 0 Å². The first kappa shape index (κ1) is 20.4. The van der Waals surface area contributed by atoms with Gasteiger partial charge in [0.05, 0.1) is 53.5 Å². The SMILES string of the molecule is COc1cccc(OC2OCC3C(Oc4cccc(OC)c4OC)OCC23)c1OC. The molecule has 8 nitrogen and oxygen atoms in total. The Kier molecular flexibility index (Phi) is 6.06. The van der Waals surface area contributed by atoms with E-state index < -0.39 is 12.6 Å². The summed E-state index contributed by atoms with van der Waals surface area (Å²) in [6.07, 6.45) is -0.950. The predicted octanol–water partition coefficient (Wildman–Crippen LogP) is 3.12. The van der Waals surface area contributed by atoms with Crippen molar-refractivity contribution in [1.82, 2.24) is 0 Å². The molecule has 2 fully saturated rings. The summed E-state index contributed by atoms with van der Waals surface area (Å²) in [6, 6.07) is 11.0. The second-order valence-corrected chi connectivity index (χ2v) is 6.95. The fourth-order valence-corrected chi connectivity index (χ4v) is 3.86. The van der Waals surface area contributed by atoms with E-state index in [0.717, 1.165) is 0 Å². The van der Waals surface area contributed by atoms with Crippen LogP contribution in [0.2, 0.25) is 0 Å². The highest BCUT2D eigenvalue weighted by Crippen LogP contribution is 2.44. The maximum absolute atomic E-state index is 6.13. The van der Waals surface area contributed by atoms with Crippen LogP contribution in [0.5, 0.6) is 34.5 Å². The van der Waals surface area contributed by atoms with Crippen molar-refractivity contribution >= 4 is 0 Å². The summed E-state index contributed by atoms with van der Waals surface area (Å²) in [6.45, 7) is 0.914. The fraction of sp³-hybridized carbons (Fsp3) is 0.455. The van der Waals surface area contributed by atoms with Crippen molar-refractivity contribution in [3.63, 3.8) is 0 Å². The van der Waals surface area contributed by atoms with E-state index in [0.29, 0.717) is 47.7 Å². The number of benzene rings is 2. The Bertz CT molecular complexity index is 799. The lowest BCUT2D eigenvalue weighted by molar-refractivity contribution is -0.106. The van der Waals surface area contributed by atoms with Gasteiger partial charge in [0.1, 0.15) is 0 Å². The number of hydrogen-bond donors (Lipinski definition) is 0. The van der Waals surface area contributed by atoms with E-state index >= 15 is 0 Å². The Morgan fingerprint density at radius 3 is 1.37 bits per heavy atom. The Hall–Kier alpha value is -2.84. The van der Waals surface area contributed by atoms with Crippen LogP contribution in [0.4, 0.5) is 0 Å². The zero-order valence-electron chi connectivity index (χ0n) is 17.5. The quantitative estimate of drug-likeness (QED) is 0.648. The molecular formula is C22H26O8. The van der Waals surface area contributed by atoms with Gasteiger partial charge < -0.3 is 37.9 Å². The molecule has 0 spiro atoms. The van der Waals surface area contributed by atoms with Crippen LogP contribution < -0.4 is 28.4 Å². The molecule has 4 rings (SSSR count). The average molecular weight is 418 g/mol. The minimum atomic E-state index is -0.475. The molecule has 30 heavy (non-hydrogen) atoms. The van der Waals surface area contributed by atoms with Crippen LogP contribution in [0.1, 0.15) is 0 Å². The molecule has 2 aliphatic rings. The molecule has 0 N–H and O–H groups in total. The molecular weight excluding hydrogens is 392 g/mol. The Morgan fingerprint density at radius 1 is 0.600 bits per heavy atom. The van der Waals surface area contributed by atoms with Crippen LogP contribution in [0.15, 0.2) is 36.4 Å². The van der Waals surface area contributed by atoms with Gasteiger partial charge in [0.2, 0.25) is 24.1 Å². The monoisotopic (exact) mass is 418 g/mol. The van der Waals surface area contributed by atoms with Crippen LogP contribution in [-0.4, -0.2) is 54.2 Å². The lowest BCUT2D eigenvalue weighted by Crippen LogP contribution is -2.28. The fourth-order valence-electron chi connectivity index (χ4n) is 3.86. The molecule has 2 aliphatic heterocycles. The summed E-state index contributed by atoms with van der Waals surface area (Å²) >= 11 is 0. The second-order valence-electron chi connectivity index (χ2n) is 6.95. The largest absolute Gasteiger partial charge is 0.493 e. The van der Waals surface area contributed by atoms with E-state index in [1.165, 1.54) is 0 Å². The van der Waals surface area contributed by atoms with E-state index in [1.54, 1.807) is 28.4 Å². The molecule has 0 aliphatic carbocycles. The van der Waals surface area contributed by atoms with Crippen LogP contribution in [0, 0.1) is 11.8 Å². The first-order valence-corrected chi connectivity index (χ1v) is 9.68. The summed E-state index contributed by atoms with van der Waals surface area (Å²) in [5.41, 5.74) is 0. The first-order chi connectivity index (χ1) is 14.7. The third kappa shape index (κ3) is 3.68. The van der Waals surface area contributed by atoms with Crippen molar-refractivity contribution in [2.45, 2.75) is 12.6 Å². The van der Waals surface area contributed by atoms with Crippen LogP contribution in [0.3, 0.4) is 0 Å². The maximum Gasteiger partial charge on any atom is 0.205 e. The minimum absolute atomic E-state index is 0.0162. The average Bonchev–Trinajstić information content (AvgIpc) is 3.36. The van der Waals surface area contributed by atoms with Crippen molar-refractivity contribution in [1.29, 1.82) is 0 Å². The molecule has 0 saturated carbocycles. The number of ether oxygens (including phenoxy) is 8. The third-order valence-corrected chi connectivity index (χ3v) is 5.37. The molecule has 4 atom stereocenters. The number of hydrogen-bond acceptors (Lipinski definition) is 8. The van der Waals surface area contributed by atoms with Crippen LogP contribution in [-0.2, 0) is 9.47 Å². The third-order valence-electron chi connectivity index (χ3n) is 5.37. The van der Waals surface area contributed by atoms with Crippen molar-refractivity contribution in [2.75, 3.05) is 41.7 Å². The van der Waals surface area contributed by atoms with Crippen LogP contribution >= 0.6 is 0 Å². The summed E-state index contributed by atoms with van der Waals surface area (Å²) in [7, 11) is 6.33. The lowest BCUT2D eigenvalue weighted by Gasteiger charge is -2.20. The number of para-hydroxylation sites is 2. The summed E-state index contributed by atoms with van der Waals surface area (Å²) < 4.78 is 45.7. The van der Waals surface area contributed by atoms with E-state index in [4.69, 9.17) is 37.9 Å². The molecule has 2 aromatic carbocycles. The standard InChI is InChI=1S/C22H26O8/c1-23-15-7-5-9-17(19(15)25-3)29-21-13-11-28-22(14(13)12-27-21)30-18-10-6-8-16(24-2)20(18)26-4/h5-10,13-14,21-22H,11-12H2,1-4H3. The highest BCUT2D eigenvalue weighted by atomic mass is 16.7. The van der Waals surface area contributed by atoms with Crippen molar-refractivity contribution < 1.29 is 37.9 Å². The molecule has 2 aromatic rings. The smallest absolute Gasteiger partial charge is 0.205 e. The zero-order chi connectivity index (χ0) is 21.1. The molecule has 0 amide bonds. The number of fused-ring (bicyclic) bond motifs is 1. The van der Waals surface area contributed by atoms with E-state index in [1.807, 2.05) is 36.4 Å². The lowest BCUT2D eigenvalue weighted by atomic mass is 9.98. The zero-order valence-corrected chi connectivity index (χ0v) is 17.5. The van der Waals surface area contributed by atoms with Crippen molar-refractivity contribution in [3.8, 4) is 34.5 Å². The molecule has 0 radical (unpaired) electrons. The second kappa shape index (κ2) is 8.89. The van der Waals surface area contributed by atoms with E-state index in [-0.39, 0.29) is 11.8 Å². The van der Waals surface area contributed by atoms with Crippen molar-refractivity contribution in [3.05, 3.63) is 36.4 Å². The molecule has 8 heteroatoms. The summed E-state index contributed by atoms with van der Waals surface area (Å²) in [4.78, 5) is 0. The topological polar surface area (TPSA) is 73.8 Å². The van der Waals surface area contributed by atoms with Gasteiger partial charge in [0.15, 0.2) is 23.0 Å². The Morgan fingerprint density at radius 2 is 1.00 bits per heavy atom. The van der Waals surface area contributed by atoms with Crippen molar-refractivity contribution in [2.24, 2.45) is 11.8 Å². The van der Waals surface area contributed by atoms with Gasteiger partial charge in [-0.25, -0.2) is 0 Å². The normalized spacial score (nSPS) is 24.8.